The van der Waals surface area contributed by atoms with E-state index in [9.17, 15) is 9.59 Å². The molecular weight excluding hydrogens is 282 g/mol. The SMILES string of the molecule is O=C1CCC(C(=O)NCc2ccccc2N2CCOCC2)N1. The largest absolute Gasteiger partial charge is 0.378 e. The van der Waals surface area contributed by atoms with Gasteiger partial charge in [0.1, 0.15) is 6.04 Å². The number of nitrogens with one attached hydrogen (secondary N) is 2. The third-order valence-corrected chi connectivity index (χ3v) is 4.11. The lowest BCUT2D eigenvalue weighted by molar-refractivity contribution is -0.125. The standard InChI is InChI=1S/C16H21N3O3/c20-15-6-5-13(18-15)16(21)17-11-12-3-1-2-4-14(12)19-7-9-22-10-8-19/h1-4,13H,5-11H2,(H,17,21)(H,18,20). The first kappa shape index (κ1) is 14.8. The van der Waals surface area contributed by atoms with Gasteiger partial charge in [0.05, 0.1) is 13.2 Å². The average molecular weight is 303 g/mol. The van der Waals surface area contributed by atoms with E-state index in [1.54, 1.807) is 0 Å². The number of para-hydroxylation sites is 1. The van der Waals surface area contributed by atoms with Crippen molar-refractivity contribution in [1.82, 2.24) is 10.6 Å². The monoisotopic (exact) mass is 303 g/mol. The molecule has 0 aromatic heterocycles. The molecule has 2 heterocycles. The number of hydrogen-bond acceptors (Lipinski definition) is 4. The van der Waals surface area contributed by atoms with Crippen LogP contribution < -0.4 is 15.5 Å². The molecule has 2 amide bonds. The molecule has 2 aliphatic rings. The highest BCUT2D eigenvalue weighted by molar-refractivity contribution is 5.90. The van der Waals surface area contributed by atoms with E-state index in [1.165, 1.54) is 0 Å². The van der Waals surface area contributed by atoms with Crippen molar-refractivity contribution in [1.29, 1.82) is 0 Å². The highest BCUT2D eigenvalue weighted by Gasteiger charge is 2.27. The Morgan fingerprint density at radius 3 is 2.82 bits per heavy atom. The smallest absolute Gasteiger partial charge is 0.242 e. The molecule has 6 nitrogen and oxygen atoms in total. The summed E-state index contributed by atoms with van der Waals surface area (Å²) >= 11 is 0. The zero-order valence-electron chi connectivity index (χ0n) is 12.5. The second kappa shape index (κ2) is 6.79. The number of morpholine rings is 1. The summed E-state index contributed by atoms with van der Waals surface area (Å²) in [6.45, 7) is 3.66. The van der Waals surface area contributed by atoms with Crippen LogP contribution in [0.5, 0.6) is 0 Å². The second-order valence-corrected chi connectivity index (χ2v) is 5.60. The quantitative estimate of drug-likeness (QED) is 0.845. The first-order chi connectivity index (χ1) is 10.7. The predicted molar refractivity (Wildman–Crippen MR) is 82.5 cm³/mol. The van der Waals surface area contributed by atoms with Crippen LogP contribution in [0, 0.1) is 0 Å². The molecular formula is C16H21N3O3. The Balaban J connectivity index is 1.62. The highest BCUT2D eigenvalue weighted by Crippen LogP contribution is 2.21. The third kappa shape index (κ3) is 3.39. The van der Waals surface area contributed by atoms with E-state index in [4.69, 9.17) is 4.74 Å². The van der Waals surface area contributed by atoms with Gasteiger partial charge in [-0.25, -0.2) is 0 Å². The summed E-state index contributed by atoms with van der Waals surface area (Å²) in [5.41, 5.74) is 2.23. The molecule has 0 radical (unpaired) electrons. The van der Waals surface area contributed by atoms with Crippen LogP contribution in [0.1, 0.15) is 18.4 Å². The van der Waals surface area contributed by atoms with Crippen molar-refractivity contribution in [3.63, 3.8) is 0 Å². The molecule has 2 N–H and O–H groups in total. The van der Waals surface area contributed by atoms with E-state index < -0.39 is 0 Å². The number of amides is 2. The number of carbonyl (C=O) groups excluding carboxylic acids is 2. The number of benzene rings is 1. The van der Waals surface area contributed by atoms with Crippen molar-refractivity contribution in [2.45, 2.75) is 25.4 Å². The van der Waals surface area contributed by atoms with Crippen molar-refractivity contribution in [2.24, 2.45) is 0 Å². The van der Waals surface area contributed by atoms with E-state index in [0.717, 1.165) is 37.6 Å². The van der Waals surface area contributed by atoms with Crippen molar-refractivity contribution in [3.05, 3.63) is 29.8 Å². The van der Waals surface area contributed by atoms with Gasteiger partial charge >= 0.3 is 0 Å². The summed E-state index contributed by atoms with van der Waals surface area (Å²) in [5, 5.41) is 5.62. The summed E-state index contributed by atoms with van der Waals surface area (Å²) in [5.74, 6) is -0.156. The molecule has 2 saturated heterocycles. The number of ether oxygens (including phenoxy) is 1. The fraction of sp³-hybridized carbons (Fsp3) is 0.500. The van der Waals surface area contributed by atoms with E-state index in [-0.39, 0.29) is 17.9 Å². The van der Waals surface area contributed by atoms with Crippen molar-refractivity contribution < 1.29 is 14.3 Å². The van der Waals surface area contributed by atoms with Crippen molar-refractivity contribution >= 4 is 17.5 Å². The number of rotatable bonds is 4. The Bertz CT molecular complexity index is 555. The molecule has 1 aromatic rings. The lowest BCUT2D eigenvalue weighted by Gasteiger charge is -2.30. The minimum atomic E-state index is -0.386. The fourth-order valence-electron chi connectivity index (χ4n) is 2.89. The zero-order chi connectivity index (χ0) is 15.4. The second-order valence-electron chi connectivity index (χ2n) is 5.60. The van der Waals surface area contributed by atoms with E-state index in [1.807, 2.05) is 18.2 Å². The topological polar surface area (TPSA) is 70.7 Å². The van der Waals surface area contributed by atoms with Crippen LogP contribution in [0.25, 0.3) is 0 Å². The molecule has 22 heavy (non-hydrogen) atoms. The summed E-state index contributed by atoms with van der Waals surface area (Å²) in [6.07, 6.45) is 1.01. The van der Waals surface area contributed by atoms with Gasteiger partial charge < -0.3 is 20.3 Å². The van der Waals surface area contributed by atoms with E-state index in [2.05, 4.69) is 21.6 Å². The summed E-state index contributed by atoms with van der Waals surface area (Å²) in [4.78, 5) is 25.6. The van der Waals surface area contributed by atoms with Crippen molar-refractivity contribution in [3.8, 4) is 0 Å². The number of carbonyl (C=O) groups is 2. The minimum Gasteiger partial charge on any atom is -0.378 e. The summed E-state index contributed by atoms with van der Waals surface area (Å²) < 4.78 is 5.39. The molecule has 1 atom stereocenters. The number of nitrogens with zero attached hydrogens (tertiary/aromatic N) is 1. The summed E-state index contributed by atoms with van der Waals surface area (Å²) in [6, 6.07) is 7.70. The molecule has 1 unspecified atom stereocenters. The first-order valence-corrected chi connectivity index (χ1v) is 7.72. The fourth-order valence-corrected chi connectivity index (χ4v) is 2.89. The maximum absolute atomic E-state index is 12.1. The predicted octanol–water partition coefficient (Wildman–Crippen LogP) is 0.418. The van der Waals surface area contributed by atoms with Crippen LogP contribution in [0.2, 0.25) is 0 Å². The average Bonchev–Trinajstić information content (AvgIpc) is 3.00. The van der Waals surface area contributed by atoms with Crippen LogP contribution in [0.15, 0.2) is 24.3 Å². The molecule has 2 fully saturated rings. The van der Waals surface area contributed by atoms with Gasteiger partial charge in [-0.05, 0) is 18.1 Å². The Hall–Kier alpha value is -2.08. The molecule has 2 aliphatic heterocycles. The Morgan fingerprint density at radius 2 is 2.09 bits per heavy atom. The molecule has 0 spiro atoms. The Kier molecular flexibility index (Phi) is 4.58. The molecule has 3 rings (SSSR count). The Labute approximate surface area is 129 Å². The van der Waals surface area contributed by atoms with Crippen LogP contribution in [0.4, 0.5) is 5.69 Å². The van der Waals surface area contributed by atoms with Gasteiger partial charge in [0.2, 0.25) is 11.8 Å². The lowest BCUT2D eigenvalue weighted by Crippen LogP contribution is -2.41. The zero-order valence-corrected chi connectivity index (χ0v) is 12.5. The van der Waals surface area contributed by atoms with Crippen molar-refractivity contribution in [2.75, 3.05) is 31.2 Å². The maximum Gasteiger partial charge on any atom is 0.242 e. The van der Waals surface area contributed by atoms with Gasteiger partial charge in [-0.2, -0.15) is 0 Å². The lowest BCUT2D eigenvalue weighted by atomic mass is 10.1. The van der Waals surface area contributed by atoms with Crippen LogP contribution in [-0.2, 0) is 20.9 Å². The van der Waals surface area contributed by atoms with Gasteiger partial charge in [0.15, 0.2) is 0 Å². The van der Waals surface area contributed by atoms with Crippen LogP contribution in [-0.4, -0.2) is 44.2 Å². The normalized spacial score (nSPS) is 21.5. The van der Waals surface area contributed by atoms with Gasteiger partial charge in [-0.15, -0.1) is 0 Å². The first-order valence-electron chi connectivity index (χ1n) is 7.72. The molecule has 1 aromatic carbocycles. The summed E-state index contributed by atoms with van der Waals surface area (Å²) in [7, 11) is 0. The minimum absolute atomic E-state index is 0.0473. The van der Waals surface area contributed by atoms with Gasteiger partial charge in [-0.3, -0.25) is 9.59 Å². The van der Waals surface area contributed by atoms with Crippen LogP contribution >= 0.6 is 0 Å². The maximum atomic E-state index is 12.1. The van der Waals surface area contributed by atoms with E-state index in [0.29, 0.717) is 19.4 Å². The van der Waals surface area contributed by atoms with Crippen LogP contribution in [0.3, 0.4) is 0 Å². The van der Waals surface area contributed by atoms with Gasteiger partial charge in [0, 0.05) is 31.7 Å². The number of hydrogen-bond donors (Lipinski definition) is 2. The molecule has 6 heteroatoms. The molecule has 118 valence electrons. The molecule has 0 saturated carbocycles. The molecule has 0 bridgehead atoms. The Morgan fingerprint density at radius 1 is 1.32 bits per heavy atom. The molecule has 0 aliphatic carbocycles. The highest BCUT2D eigenvalue weighted by atomic mass is 16.5. The third-order valence-electron chi connectivity index (χ3n) is 4.11. The van der Waals surface area contributed by atoms with Gasteiger partial charge in [0.25, 0.3) is 0 Å². The van der Waals surface area contributed by atoms with Gasteiger partial charge in [-0.1, -0.05) is 18.2 Å². The van der Waals surface area contributed by atoms with E-state index >= 15 is 0 Å². The number of anilines is 1.